The van der Waals surface area contributed by atoms with Gasteiger partial charge in [0.1, 0.15) is 11.3 Å². The van der Waals surface area contributed by atoms with Gasteiger partial charge < -0.3 is 14.6 Å². The Morgan fingerprint density at radius 3 is 2.85 bits per heavy atom. The number of imidazole rings is 1. The van der Waals surface area contributed by atoms with Gasteiger partial charge in [-0.05, 0) is 25.1 Å². The molecule has 1 amide bonds. The molecule has 1 N–H and O–H groups in total. The number of morpholine rings is 1. The number of H-pyrrole nitrogens is 1. The molecule has 0 atom stereocenters. The van der Waals surface area contributed by atoms with E-state index in [2.05, 4.69) is 21.0 Å². The lowest BCUT2D eigenvalue weighted by molar-refractivity contribution is 0.0298. The zero-order valence-corrected chi connectivity index (χ0v) is 15.0. The molecule has 5 heterocycles. The van der Waals surface area contributed by atoms with Crippen molar-refractivity contribution in [3.8, 4) is 11.1 Å². The molecule has 136 valence electrons. The Balaban J connectivity index is 1.61. The van der Waals surface area contributed by atoms with Gasteiger partial charge in [0.25, 0.3) is 5.91 Å². The lowest BCUT2D eigenvalue weighted by Gasteiger charge is -2.26. The van der Waals surface area contributed by atoms with E-state index < -0.39 is 0 Å². The van der Waals surface area contributed by atoms with Crippen molar-refractivity contribution < 1.29 is 9.53 Å². The highest BCUT2D eigenvalue weighted by Gasteiger charge is 2.22. The first-order valence-electron chi connectivity index (χ1n) is 8.99. The van der Waals surface area contributed by atoms with Crippen LogP contribution in [0.2, 0.25) is 0 Å². The minimum absolute atomic E-state index is 0.0169. The lowest BCUT2D eigenvalue weighted by Crippen LogP contribution is -2.41. The van der Waals surface area contributed by atoms with Gasteiger partial charge in [-0.15, -0.1) is 0 Å². The van der Waals surface area contributed by atoms with Crippen LogP contribution >= 0.6 is 0 Å². The molecule has 4 aromatic rings. The fourth-order valence-corrected chi connectivity index (χ4v) is 3.65. The van der Waals surface area contributed by atoms with Gasteiger partial charge >= 0.3 is 0 Å². The molecular formula is C20H19N5O2. The van der Waals surface area contributed by atoms with Crippen LogP contribution in [0, 0.1) is 6.92 Å². The predicted octanol–water partition coefficient (Wildman–Crippen LogP) is 2.66. The van der Waals surface area contributed by atoms with Gasteiger partial charge in [0.05, 0.1) is 30.6 Å². The van der Waals surface area contributed by atoms with Crippen LogP contribution in [0.1, 0.15) is 16.2 Å². The molecule has 0 spiro atoms. The van der Waals surface area contributed by atoms with Crippen molar-refractivity contribution in [1.82, 2.24) is 24.3 Å². The molecule has 1 aliphatic rings. The lowest BCUT2D eigenvalue weighted by atomic mass is 10.1. The number of pyridine rings is 2. The summed E-state index contributed by atoms with van der Waals surface area (Å²) in [5.41, 5.74) is 5.33. The van der Waals surface area contributed by atoms with E-state index in [-0.39, 0.29) is 5.91 Å². The fourth-order valence-electron chi connectivity index (χ4n) is 3.65. The van der Waals surface area contributed by atoms with Gasteiger partial charge in [-0.2, -0.15) is 0 Å². The highest BCUT2D eigenvalue weighted by atomic mass is 16.5. The zero-order valence-electron chi connectivity index (χ0n) is 15.0. The molecule has 1 fully saturated rings. The first-order chi connectivity index (χ1) is 13.2. The molecule has 4 aromatic heterocycles. The minimum atomic E-state index is -0.0169. The highest BCUT2D eigenvalue weighted by molar-refractivity contribution is 5.96. The molecular weight excluding hydrogens is 342 g/mol. The Labute approximate surface area is 155 Å². The number of hydrogen-bond acceptors (Lipinski definition) is 4. The first-order valence-corrected chi connectivity index (χ1v) is 8.99. The predicted molar refractivity (Wildman–Crippen MR) is 102 cm³/mol. The van der Waals surface area contributed by atoms with Crippen LogP contribution in [0.15, 0.2) is 43.0 Å². The van der Waals surface area contributed by atoms with Gasteiger partial charge in [0.2, 0.25) is 0 Å². The number of carbonyl (C=O) groups is 1. The summed E-state index contributed by atoms with van der Waals surface area (Å²) < 4.78 is 7.21. The third-order valence-corrected chi connectivity index (χ3v) is 5.12. The second-order valence-corrected chi connectivity index (χ2v) is 6.72. The molecule has 0 unspecified atom stereocenters. The molecule has 0 bridgehead atoms. The van der Waals surface area contributed by atoms with E-state index in [0.717, 1.165) is 33.4 Å². The van der Waals surface area contributed by atoms with Crippen molar-refractivity contribution in [1.29, 1.82) is 0 Å². The van der Waals surface area contributed by atoms with Gasteiger partial charge in [-0.3, -0.25) is 14.2 Å². The number of aromatic nitrogens is 4. The number of nitrogens with one attached hydrogen (secondary N) is 1. The van der Waals surface area contributed by atoms with Crippen molar-refractivity contribution in [2.24, 2.45) is 0 Å². The number of hydrogen-bond donors (Lipinski definition) is 1. The molecule has 1 aliphatic heterocycles. The molecule has 0 radical (unpaired) electrons. The van der Waals surface area contributed by atoms with E-state index >= 15 is 0 Å². The van der Waals surface area contributed by atoms with Gasteiger partial charge in [0.15, 0.2) is 0 Å². The molecule has 7 nitrogen and oxygen atoms in total. The molecule has 0 aromatic carbocycles. The Morgan fingerprint density at radius 2 is 2.00 bits per heavy atom. The molecule has 27 heavy (non-hydrogen) atoms. The van der Waals surface area contributed by atoms with Crippen molar-refractivity contribution in [2.45, 2.75) is 6.92 Å². The standard InChI is InChI=1S/C20H19N5O2/c1-13-19-15(4-5-21-19)16(10-22-13)14-2-3-18-23-11-17(25(18)12-14)20(26)24-6-8-27-9-7-24/h2-5,10-12,21H,6-9H2,1H3. The van der Waals surface area contributed by atoms with E-state index in [0.29, 0.717) is 32.0 Å². The summed E-state index contributed by atoms with van der Waals surface area (Å²) in [5.74, 6) is -0.0169. The van der Waals surface area contributed by atoms with Crippen LogP contribution < -0.4 is 0 Å². The normalized spacial score (nSPS) is 14.9. The maximum Gasteiger partial charge on any atom is 0.272 e. The summed E-state index contributed by atoms with van der Waals surface area (Å²) >= 11 is 0. The summed E-state index contributed by atoms with van der Waals surface area (Å²) in [6, 6.07) is 6.01. The number of ether oxygens (including phenoxy) is 1. The van der Waals surface area contributed by atoms with E-state index in [1.54, 1.807) is 6.20 Å². The van der Waals surface area contributed by atoms with Gasteiger partial charge in [0, 0.05) is 48.2 Å². The third-order valence-electron chi connectivity index (χ3n) is 5.12. The maximum atomic E-state index is 12.9. The number of aromatic amines is 1. The average Bonchev–Trinajstić information content (AvgIpc) is 3.36. The summed E-state index contributed by atoms with van der Waals surface area (Å²) in [7, 11) is 0. The van der Waals surface area contributed by atoms with Crippen molar-refractivity contribution in [3.05, 3.63) is 54.4 Å². The Bertz CT molecular complexity index is 1150. The summed E-state index contributed by atoms with van der Waals surface area (Å²) in [6.45, 7) is 4.36. The number of amides is 1. The van der Waals surface area contributed by atoms with E-state index in [9.17, 15) is 4.79 Å². The number of carbonyl (C=O) groups excluding carboxylic acids is 1. The van der Waals surface area contributed by atoms with Crippen molar-refractivity contribution >= 4 is 22.5 Å². The SMILES string of the molecule is Cc1ncc(-c2ccc3ncc(C(=O)N4CCOCC4)n3c2)c2cc[nH]c12. The minimum Gasteiger partial charge on any atom is -0.378 e. The van der Waals surface area contributed by atoms with E-state index in [1.807, 2.05) is 46.9 Å². The molecule has 0 saturated carbocycles. The Morgan fingerprint density at radius 1 is 1.15 bits per heavy atom. The van der Waals surface area contributed by atoms with Crippen LogP contribution in [0.25, 0.3) is 27.7 Å². The fraction of sp³-hybridized carbons (Fsp3) is 0.250. The summed E-state index contributed by atoms with van der Waals surface area (Å²) in [5, 5.41) is 1.11. The van der Waals surface area contributed by atoms with E-state index in [4.69, 9.17) is 4.74 Å². The van der Waals surface area contributed by atoms with Gasteiger partial charge in [-0.1, -0.05) is 0 Å². The largest absolute Gasteiger partial charge is 0.378 e. The quantitative estimate of drug-likeness (QED) is 0.596. The van der Waals surface area contributed by atoms with Crippen LogP contribution in [0.4, 0.5) is 0 Å². The molecule has 1 saturated heterocycles. The second kappa shape index (κ2) is 6.21. The number of aryl methyl sites for hydroxylation is 1. The Hall–Kier alpha value is -3.19. The second-order valence-electron chi connectivity index (χ2n) is 6.72. The molecule has 7 heteroatoms. The van der Waals surface area contributed by atoms with E-state index in [1.165, 1.54) is 0 Å². The van der Waals surface area contributed by atoms with Crippen molar-refractivity contribution in [3.63, 3.8) is 0 Å². The topological polar surface area (TPSA) is 75.5 Å². The number of fused-ring (bicyclic) bond motifs is 2. The number of rotatable bonds is 2. The van der Waals surface area contributed by atoms with Crippen molar-refractivity contribution in [2.75, 3.05) is 26.3 Å². The first kappa shape index (κ1) is 16.0. The third kappa shape index (κ3) is 2.59. The van der Waals surface area contributed by atoms with Crippen LogP contribution in [-0.4, -0.2) is 56.5 Å². The zero-order chi connectivity index (χ0) is 18.4. The smallest absolute Gasteiger partial charge is 0.272 e. The summed E-state index contributed by atoms with van der Waals surface area (Å²) in [6.07, 6.45) is 7.42. The number of nitrogens with zero attached hydrogens (tertiary/aromatic N) is 4. The highest BCUT2D eigenvalue weighted by Crippen LogP contribution is 2.29. The molecule has 0 aliphatic carbocycles. The van der Waals surface area contributed by atoms with Crippen LogP contribution in [-0.2, 0) is 4.74 Å². The maximum absolute atomic E-state index is 12.9. The Kier molecular flexibility index (Phi) is 3.68. The molecule has 5 rings (SSSR count). The average molecular weight is 361 g/mol. The monoisotopic (exact) mass is 361 g/mol. The van der Waals surface area contributed by atoms with Gasteiger partial charge in [-0.25, -0.2) is 4.98 Å². The van der Waals surface area contributed by atoms with Crippen LogP contribution in [0.3, 0.4) is 0 Å². The van der Waals surface area contributed by atoms with Crippen LogP contribution in [0.5, 0.6) is 0 Å². The summed E-state index contributed by atoms with van der Waals surface area (Å²) in [4.78, 5) is 26.9.